The third-order valence-electron chi connectivity index (χ3n) is 8.80. The fourth-order valence-corrected chi connectivity index (χ4v) is 6.85. The first kappa shape index (κ1) is 29.0. The fraction of sp³-hybridized carbons (Fsp3) is 0.471. The maximum absolute atomic E-state index is 13.8. The highest BCUT2D eigenvalue weighted by Crippen LogP contribution is 2.40. The van der Waals surface area contributed by atoms with E-state index in [-0.39, 0.29) is 23.5 Å². The number of carbonyl (C=O) groups is 2. The highest BCUT2D eigenvalue weighted by Gasteiger charge is 2.37. The molecule has 1 aliphatic carbocycles. The van der Waals surface area contributed by atoms with E-state index in [0.29, 0.717) is 30.2 Å². The molecule has 226 valence electrons. The minimum Gasteiger partial charge on any atom is -0.444 e. The number of nitrogens with zero attached hydrogens (tertiary/aromatic N) is 5. The van der Waals surface area contributed by atoms with Gasteiger partial charge in [-0.05, 0) is 82.1 Å². The van der Waals surface area contributed by atoms with Crippen molar-refractivity contribution in [2.45, 2.75) is 85.4 Å². The number of benzene rings is 1. The summed E-state index contributed by atoms with van der Waals surface area (Å²) in [6, 6.07) is 7.98. The largest absolute Gasteiger partial charge is 0.444 e. The molecular formula is C34H42N6O3. The molecule has 2 N–H and O–H groups in total. The molecule has 6 rings (SSSR count). The number of hydrogen-bond acceptors (Lipinski definition) is 6. The third-order valence-corrected chi connectivity index (χ3v) is 8.80. The minimum absolute atomic E-state index is 0.0319. The summed E-state index contributed by atoms with van der Waals surface area (Å²) in [4.78, 5) is 39.2. The number of anilines is 2. The summed E-state index contributed by atoms with van der Waals surface area (Å²) in [7, 11) is 0. The molecule has 0 radical (unpaired) electrons. The summed E-state index contributed by atoms with van der Waals surface area (Å²) in [6.45, 7) is 14.3. The van der Waals surface area contributed by atoms with Crippen LogP contribution in [0.3, 0.4) is 0 Å². The van der Waals surface area contributed by atoms with Crippen molar-refractivity contribution in [1.82, 2.24) is 19.4 Å². The van der Waals surface area contributed by atoms with Crippen molar-refractivity contribution < 1.29 is 14.3 Å². The van der Waals surface area contributed by atoms with Crippen molar-refractivity contribution in [1.29, 1.82) is 0 Å². The van der Waals surface area contributed by atoms with E-state index >= 15 is 0 Å². The topological polar surface area (TPSA) is 107 Å². The molecule has 4 heterocycles. The molecule has 1 atom stereocenters. The number of ether oxygens (including phenoxy) is 1. The van der Waals surface area contributed by atoms with Crippen molar-refractivity contribution in [2.75, 3.05) is 23.7 Å². The molecule has 2 amide bonds. The molecule has 9 heteroatoms. The first-order chi connectivity index (χ1) is 20.3. The Labute approximate surface area is 253 Å². The van der Waals surface area contributed by atoms with Crippen LogP contribution in [0.4, 0.5) is 16.3 Å². The maximum Gasteiger partial charge on any atom is 0.410 e. The van der Waals surface area contributed by atoms with E-state index in [1.165, 1.54) is 17.6 Å². The van der Waals surface area contributed by atoms with E-state index in [1.807, 2.05) is 62.9 Å². The first-order valence-corrected chi connectivity index (χ1v) is 15.2. The van der Waals surface area contributed by atoms with Gasteiger partial charge in [0.05, 0.1) is 11.7 Å². The summed E-state index contributed by atoms with van der Waals surface area (Å²) in [6.07, 6.45) is 8.83. The molecule has 1 saturated heterocycles. The molecule has 3 aliphatic rings. The average Bonchev–Trinajstić information content (AvgIpc) is 3.60. The molecule has 0 saturated carbocycles. The van der Waals surface area contributed by atoms with Gasteiger partial charge in [0.2, 0.25) is 0 Å². The second-order valence-electron chi connectivity index (χ2n) is 13.8. The van der Waals surface area contributed by atoms with Crippen LogP contribution in [0.25, 0.3) is 17.3 Å². The summed E-state index contributed by atoms with van der Waals surface area (Å²) in [5.41, 5.74) is 13.6. The molecule has 1 fully saturated rings. The van der Waals surface area contributed by atoms with Crippen LogP contribution in [-0.2, 0) is 24.1 Å². The summed E-state index contributed by atoms with van der Waals surface area (Å²) in [5.74, 6) is 0.390. The van der Waals surface area contributed by atoms with Crippen molar-refractivity contribution in [3.63, 3.8) is 0 Å². The standard InChI is InChI=1S/C34H42N6O3/c1-21-24(10-7-11-26(21)40-16-15-39-27(31(40)41)17-22-18-34(5,6)19-28(22)39)29-25(30(35)37-20-36-29)13-12-23-9-8-14-38(23)32(42)43-33(2,3)4/h7,10-13,17,20,23H,8-9,14-16,18-19H2,1-6H3,(H2,35,36,37)/t23-/m0/s1. The third kappa shape index (κ3) is 5.41. The van der Waals surface area contributed by atoms with Gasteiger partial charge < -0.3 is 24.8 Å². The smallest absolute Gasteiger partial charge is 0.410 e. The van der Waals surface area contributed by atoms with E-state index in [4.69, 9.17) is 10.5 Å². The van der Waals surface area contributed by atoms with Crippen molar-refractivity contribution >= 4 is 29.6 Å². The van der Waals surface area contributed by atoms with Gasteiger partial charge in [0.25, 0.3) is 5.91 Å². The number of amides is 2. The SMILES string of the molecule is Cc1c(-c2ncnc(N)c2C=C[C@@H]2CCCN2C(=O)OC(C)(C)C)cccc1N1CCn2c(cc3c2CC(C)(C)C3)C1=O. The summed E-state index contributed by atoms with van der Waals surface area (Å²) in [5, 5.41) is 0. The van der Waals surface area contributed by atoms with Gasteiger partial charge in [-0.2, -0.15) is 0 Å². The van der Waals surface area contributed by atoms with Gasteiger partial charge in [-0.15, -0.1) is 0 Å². The van der Waals surface area contributed by atoms with E-state index in [2.05, 4.69) is 34.4 Å². The molecule has 2 aromatic heterocycles. The Kier molecular flexibility index (Phi) is 7.10. The number of fused-ring (bicyclic) bond motifs is 3. The molecular weight excluding hydrogens is 540 g/mol. The molecule has 43 heavy (non-hydrogen) atoms. The van der Waals surface area contributed by atoms with Gasteiger partial charge in [0, 0.05) is 42.1 Å². The Balaban J connectivity index is 1.29. The molecule has 2 aliphatic heterocycles. The Morgan fingerprint density at radius 3 is 2.70 bits per heavy atom. The van der Waals surface area contributed by atoms with Crippen LogP contribution in [0.5, 0.6) is 0 Å². The molecule has 1 aromatic carbocycles. The van der Waals surface area contributed by atoms with Crippen LogP contribution < -0.4 is 10.6 Å². The zero-order valence-electron chi connectivity index (χ0n) is 26.1. The van der Waals surface area contributed by atoms with Gasteiger partial charge in [0.1, 0.15) is 23.4 Å². The lowest BCUT2D eigenvalue weighted by Gasteiger charge is -2.31. The second kappa shape index (κ2) is 10.5. The predicted octanol–water partition coefficient (Wildman–Crippen LogP) is 6.03. The molecule has 3 aromatic rings. The number of rotatable bonds is 4. The minimum atomic E-state index is -0.558. The van der Waals surface area contributed by atoms with Crippen LogP contribution in [0, 0.1) is 12.3 Å². The Morgan fingerprint density at radius 2 is 1.93 bits per heavy atom. The highest BCUT2D eigenvalue weighted by molar-refractivity contribution is 6.07. The molecule has 0 bridgehead atoms. The highest BCUT2D eigenvalue weighted by atomic mass is 16.6. The number of nitrogens with two attached hydrogens (primary N) is 1. The monoisotopic (exact) mass is 582 g/mol. The van der Waals surface area contributed by atoms with Crippen LogP contribution in [-0.4, -0.2) is 56.2 Å². The van der Waals surface area contributed by atoms with E-state index in [9.17, 15) is 9.59 Å². The number of carbonyl (C=O) groups excluding carboxylic acids is 2. The maximum atomic E-state index is 13.8. The summed E-state index contributed by atoms with van der Waals surface area (Å²) >= 11 is 0. The van der Waals surface area contributed by atoms with Crippen LogP contribution in [0.1, 0.15) is 80.3 Å². The van der Waals surface area contributed by atoms with Gasteiger partial charge in [-0.3, -0.25) is 4.79 Å². The average molecular weight is 583 g/mol. The number of nitrogen functional groups attached to an aromatic ring is 1. The van der Waals surface area contributed by atoms with Crippen LogP contribution in [0.2, 0.25) is 0 Å². The lowest BCUT2D eigenvalue weighted by molar-refractivity contribution is 0.0256. The van der Waals surface area contributed by atoms with Crippen LogP contribution >= 0.6 is 0 Å². The van der Waals surface area contributed by atoms with Gasteiger partial charge in [0.15, 0.2) is 0 Å². The second-order valence-corrected chi connectivity index (χ2v) is 13.8. The predicted molar refractivity (Wildman–Crippen MR) is 169 cm³/mol. The van der Waals surface area contributed by atoms with Gasteiger partial charge >= 0.3 is 6.09 Å². The lowest BCUT2D eigenvalue weighted by atomic mass is 9.90. The molecule has 0 spiro atoms. The Bertz CT molecular complexity index is 1630. The Morgan fingerprint density at radius 1 is 1.14 bits per heavy atom. The quantitative estimate of drug-likeness (QED) is 0.402. The number of likely N-dealkylation sites (tertiary alicyclic amines) is 1. The van der Waals surface area contributed by atoms with E-state index in [1.54, 1.807) is 4.90 Å². The normalized spacial score (nSPS) is 19.7. The zero-order valence-corrected chi connectivity index (χ0v) is 26.1. The van der Waals surface area contributed by atoms with Crippen LogP contribution in [0.15, 0.2) is 36.7 Å². The number of hydrogen-bond donors (Lipinski definition) is 1. The van der Waals surface area contributed by atoms with E-state index < -0.39 is 5.60 Å². The number of aromatic nitrogens is 3. The first-order valence-electron chi connectivity index (χ1n) is 15.2. The van der Waals surface area contributed by atoms with Crippen molar-refractivity contribution in [2.24, 2.45) is 5.41 Å². The zero-order chi connectivity index (χ0) is 30.7. The fourth-order valence-electron chi connectivity index (χ4n) is 6.85. The molecule has 0 unspecified atom stereocenters. The lowest BCUT2D eigenvalue weighted by Crippen LogP contribution is -2.41. The Hall–Kier alpha value is -4.14. The summed E-state index contributed by atoms with van der Waals surface area (Å²) < 4.78 is 7.87. The van der Waals surface area contributed by atoms with Crippen molar-refractivity contribution in [3.05, 3.63) is 64.7 Å². The van der Waals surface area contributed by atoms with Crippen molar-refractivity contribution in [3.8, 4) is 11.3 Å². The molecule has 9 nitrogen and oxygen atoms in total. The van der Waals surface area contributed by atoms with E-state index in [0.717, 1.165) is 54.7 Å². The van der Waals surface area contributed by atoms with Gasteiger partial charge in [-0.1, -0.05) is 38.1 Å². The van der Waals surface area contributed by atoms with Gasteiger partial charge in [-0.25, -0.2) is 14.8 Å².